The summed E-state index contributed by atoms with van der Waals surface area (Å²) in [6.07, 6.45) is 12.4. The summed E-state index contributed by atoms with van der Waals surface area (Å²) in [7, 11) is 0. The van der Waals surface area contributed by atoms with Crippen LogP contribution in [0.5, 0.6) is 0 Å². The summed E-state index contributed by atoms with van der Waals surface area (Å²) in [5.74, 6) is 0.944. The monoisotopic (exact) mass is 501 g/mol. The highest BCUT2D eigenvalue weighted by Gasteiger charge is 2.21. The maximum Gasteiger partial charge on any atom is 0.191 e. The molecule has 3 rings (SSSR count). The average Bonchev–Trinajstić information content (AvgIpc) is 3.06. The van der Waals surface area contributed by atoms with E-state index in [1.165, 1.54) is 31.2 Å². The van der Waals surface area contributed by atoms with Crippen molar-refractivity contribution in [2.45, 2.75) is 57.2 Å². The summed E-state index contributed by atoms with van der Waals surface area (Å²) in [6.45, 7) is 5.85. The number of fused-ring (bicyclic) bond motifs is 1. The Labute approximate surface area is 184 Å². The molecule has 0 aromatic carbocycles. The predicted octanol–water partition coefficient (Wildman–Crippen LogP) is 4.03. The van der Waals surface area contributed by atoms with Crippen molar-refractivity contribution in [2.24, 2.45) is 4.99 Å². The van der Waals surface area contributed by atoms with Crippen molar-refractivity contribution in [2.75, 3.05) is 19.3 Å². The molecule has 0 spiro atoms. The summed E-state index contributed by atoms with van der Waals surface area (Å²) in [4.78, 5) is 9.53. The Hall–Kier alpha value is -0.960. The SMILES string of the molecule is CCNC(=NCCc1cn2cccc(C)c2n1)NC1CCCC(SC)C1.I. The number of hydrogen-bond donors (Lipinski definition) is 2. The molecule has 0 aliphatic heterocycles. The maximum atomic E-state index is 4.78. The van der Waals surface area contributed by atoms with Crippen molar-refractivity contribution in [1.82, 2.24) is 20.0 Å². The topological polar surface area (TPSA) is 53.7 Å². The van der Waals surface area contributed by atoms with Gasteiger partial charge in [-0.25, -0.2) is 4.98 Å². The molecule has 1 saturated carbocycles. The molecule has 2 aromatic heterocycles. The number of hydrogen-bond acceptors (Lipinski definition) is 3. The lowest BCUT2D eigenvalue weighted by molar-refractivity contribution is 0.419. The normalized spacial score (nSPS) is 20.3. The second-order valence-electron chi connectivity index (χ2n) is 7.03. The van der Waals surface area contributed by atoms with Crippen molar-refractivity contribution in [1.29, 1.82) is 0 Å². The first-order valence-corrected chi connectivity index (χ1v) is 11.0. The number of guanidine groups is 1. The lowest BCUT2D eigenvalue weighted by Gasteiger charge is -2.29. The zero-order valence-electron chi connectivity index (χ0n) is 16.6. The lowest BCUT2D eigenvalue weighted by atomic mass is 9.95. The molecule has 0 bridgehead atoms. The van der Waals surface area contributed by atoms with Crippen LogP contribution in [0.15, 0.2) is 29.5 Å². The second-order valence-corrected chi connectivity index (χ2v) is 8.17. The van der Waals surface area contributed by atoms with Crippen LogP contribution < -0.4 is 10.6 Å². The quantitative estimate of drug-likeness (QED) is 0.357. The van der Waals surface area contributed by atoms with Gasteiger partial charge in [0.05, 0.1) is 5.69 Å². The number of rotatable bonds is 6. The van der Waals surface area contributed by atoms with Crippen molar-refractivity contribution in [3.05, 3.63) is 35.8 Å². The van der Waals surface area contributed by atoms with E-state index >= 15 is 0 Å². The second kappa shape index (κ2) is 11.1. The van der Waals surface area contributed by atoms with Gasteiger partial charge in [0.15, 0.2) is 5.96 Å². The molecule has 0 radical (unpaired) electrons. The smallest absolute Gasteiger partial charge is 0.191 e. The van der Waals surface area contributed by atoms with Gasteiger partial charge in [0.2, 0.25) is 0 Å². The van der Waals surface area contributed by atoms with Crippen molar-refractivity contribution < 1.29 is 0 Å². The first kappa shape index (κ1) is 22.3. The molecule has 2 N–H and O–H groups in total. The number of pyridine rings is 1. The maximum absolute atomic E-state index is 4.78. The van der Waals surface area contributed by atoms with Crippen molar-refractivity contribution in [3.63, 3.8) is 0 Å². The van der Waals surface area contributed by atoms with Gasteiger partial charge in [-0.2, -0.15) is 11.8 Å². The van der Waals surface area contributed by atoms with Crippen LogP contribution >= 0.6 is 35.7 Å². The Bertz CT molecular complexity index is 745. The number of aliphatic imine (C=N–C) groups is 1. The Morgan fingerprint density at radius 1 is 1.41 bits per heavy atom. The molecule has 1 fully saturated rings. The van der Waals surface area contributed by atoms with Crippen molar-refractivity contribution >= 4 is 47.3 Å². The number of halogens is 1. The fourth-order valence-electron chi connectivity index (χ4n) is 3.61. The molecule has 2 atom stereocenters. The van der Waals surface area contributed by atoms with E-state index in [1.807, 2.05) is 11.8 Å². The van der Waals surface area contributed by atoms with Gasteiger partial charge >= 0.3 is 0 Å². The van der Waals surface area contributed by atoms with E-state index in [4.69, 9.17) is 9.98 Å². The molecular weight excluding hydrogens is 469 g/mol. The molecule has 1 aliphatic carbocycles. The van der Waals surface area contributed by atoms with Gasteiger partial charge in [0.25, 0.3) is 0 Å². The fraction of sp³-hybridized carbons (Fsp3) is 0.600. The summed E-state index contributed by atoms with van der Waals surface area (Å²) >= 11 is 2.00. The van der Waals surface area contributed by atoms with Crippen LogP contribution in [0.4, 0.5) is 0 Å². The van der Waals surface area contributed by atoms with Crippen LogP contribution in [-0.4, -0.2) is 46.0 Å². The number of aromatic nitrogens is 2. The molecule has 0 amide bonds. The predicted molar refractivity (Wildman–Crippen MR) is 128 cm³/mol. The van der Waals surface area contributed by atoms with Gasteiger partial charge in [-0.3, -0.25) is 4.99 Å². The minimum Gasteiger partial charge on any atom is -0.357 e. The largest absolute Gasteiger partial charge is 0.357 e. The third-order valence-electron chi connectivity index (χ3n) is 5.01. The van der Waals surface area contributed by atoms with Crippen molar-refractivity contribution in [3.8, 4) is 0 Å². The highest BCUT2D eigenvalue weighted by Crippen LogP contribution is 2.26. The molecule has 5 nitrogen and oxygen atoms in total. The summed E-state index contributed by atoms with van der Waals surface area (Å²) in [5, 5.41) is 7.82. The van der Waals surface area contributed by atoms with Crippen LogP contribution in [0, 0.1) is 6.92 Å². The van der Waals surface area contributed by atoms with E-state index < -0.39 is 0 Å². The molecular formula is C20H32IN5S. The molecule has 0 saturated heterocycles. The number of imidazole rings is 1. The highest BCUT2D eigenvalue weighted by molar-refractivity contribution is 14.0. The van der Waals surface area contributed by atoms with Crippen LogP contribution in [0.3, 0.4) is 0 Å². The van der Waals surface area contributed by atoms with Crippen LogP contribution in [-0.2, 0) is 6.42 Å². The Kier molecular flexibility index (Phi) is 9.21. The van der Waals surface area contributed by atoms with Crippen LogP contribution in [0.2, 0.25) is 0 Å². The zero-order valence-corrected chi connectivity index (χ0v) is 19.7. The first-order valence-electron chi connectivity index (χ1n) is 9.70. The first-order chi connectivity index (χ1) is 12.7. The fourth-order valence-corrected chi connectivity index (χ4v) is 4.44. The molecule has 1 aliphatic rings. The molecule has 7 heteroatoms. The van der Waals surface area contributed by atoms with Gasteiger partial charge in [0, 0.05) is 43.2 Å². The lowest BCUT2D eigenvalue weighted by Crippen LogP contribution is -2.45. The third-order valence-corrected chi connectivity index (χ3v) is 6.10. The molecule has 2 unspecified atom stereocenters. The zero-order chi connectivity index (χ0) is 18.4. The molecule has 2 aromatic rings. The summed E-state index contributed by atoms with van der Waals surface area (Å²) in [5.41, 5.74) is 3.35. The molecule has 150 valence electrons. The Morgan fingerprint density at radius 3 is 3.00 bits per heavy atom. The third kappa shape index (κ3) is 6.27. The number of thioether (sulfide) groups is 1. The standard InChI is InChI=1S/C20H31N5S.HI/c1-4-21-20(24-16-8-5-9-18(13-16)26-3)22-11-10-17-14-25-12-6-7-15(2)19(25)23-17;/h6-7,12,14,16,18H,4-5,8-11,13H2,1-3H3,(H2,21,22,24);1H. The number of aryl methyl sites for hydroxylation is 1. The van der Waals surface area contributed by atoms with E-state index in [0.717, 1.165) is 42.1 Å². The number of nitrogens with zero attached hydrogens (tertiary/aromatic N) is 3. The minimum absolute atomic E-state index is 0. The van der Waals surface area contributed by atoms with Gasteiger partial charge in [0.1, 0.15) is 5.65 Å². The van der Waals surface area contributed by atoms with E-state index in [0.29, 0.717) is 6.04 Å². The van der Waals surface area contributed by atoms with Crippen LogP contribution in [0.1, 0.15) is 43.9 Å². The number of nitrogens with one attached hydrogen (secondary N) is 2. The summed E-state index contributed by atoms with van der Waals surface area (Å²) < 4.78 is 2.10. The van der Waals surface area contributed by atoms with Crippen LogP contribution in [0.25, 0.3) is 5.65 Å². The minimum atomic E-state index is 0. The molecule has 2 heterocycles. The van der Waals surface area contributed by atoms with Gasteiger partial charge in [-0.05, 0) is 51.0 Å². The molecule has 27 heavy (non-hydrogen) atoms. The van der Waals surface area contributed by atoms with E-state index in [2.05, 4.69) is 59.7 Å². The Balaban J connectivity index is 0.00000261. The highest BCUT2D eigenvalue weighted by atomic mass is 127. The van der Waals surface area contributed by atoms with E-state index in [-0.39, 0.29) is 24.0 Å². The van der Waals surface area contributed by atoms with E-state index in [9.17, 15) is 0 Å². The van der Waals surface area contributed by atoms with Gasteiger partial charge < -0.3 is 15.0 Å². The Morgan fingerprint density at radius 2 is 2.26 bits per heavy atom. The average molecular weight is 501 g/mol. The van der Waals surface area contributed by atoms with E-state index in [1.54, 1.807) is 0 Å². The summed E-state index contributed by atoms with van der Waals surface area (Å²) in [6, 6.07) is 4.70. The van der Waals surface area contributed by atoms with Gasteiger partial charge in [-0.15, -0.1) is 24.0 Å². The van der Waals surface area contributed by atoms with Gasteiger partial charge in [-0.1, -0.05) is 12.5 Å².